The molecule has 0 unspecified atom stereocenters. The molecule has 2 rings (SSSR count). The molecule has 4 atom stereocenters. The van der Waals surface area contributed by atoms with Crippen LogP contribution in [0.25, 0.3) is 0 Å². The fourth-order valence-corrected chi connectivity index (χ4v) is 4.39. The molecule has 0 spiro atoms. The Morgan fingerprint density at radius 3 is 2.36 bits per heavy atom. The number of hydrogen-bond acceptors (Lipinski definition) is 8. The lowest BCUT2D eigenvalue weighted by Crippen LogP contribution is -2.56. The minimum absolute atomic E-state index is 0.00991. The second kappa shape index (κ2) is 15.9. The van der Waals surface area contributed by atoms with Crippen molar-refractivity contribution in [1.82, 2.24) is 20.9 Å². The van der Waals surface area contributed by atoms with E-state index in [2.05, 4.69) is 20.7 Å². The largest absolute Gasteiger partial charge is 0.469 e. The molecule has 1 saturated heterocycles. The Morgan fingerprint density at radius 2 is 1.72 bits per heavy atom. The van der Waals surface area contributed by atoms with Gasteiger partial charge in [0.25, 0.3) is 0 Å². The van der Waals surface area contributed by atoms with Crippen molar-refractivity contribution in [2.75, 3.05) is 26.1 Å². The number of carbonyl (C=O) groups is 6. The van der Waals surface area contributed by atoms with Crippen molar-refractivity contribution in [3.05, 3.63) is 35.9 Å². The number of rotatable bonds is 15. The van der Waals surface area contributed by atoms with Gasteiger partial charge in [0.05, 0.1) is 38.0 Å². The van der Waals surface area contributed by atoms with Gasteiger partial charge in [-0.25, -0.2) is 0 Å². The minimum Gasteiger partial charge on any atom is -0.469 e. The molecule has 0 aliphatic carbocycles. The number of nitrogens with zero attached hydrogens (tertiary/aromatic N) is 1. The summed E-state index contributed by atoms with van der Waals surface area (Å²) >= 11 is 5.78. The van der Waals surface area contributed by atoms with Crippen LogP contribution >= 0.6 is 11.6 Å². The molecule has 1 heterocycles. The number of esters is 1. The van der Waals surface area contributed by atoms with Crippen LogP contribution in [-0.2, 0) is 39.9 Å². The molecular weight excluding hydrogens is 528 g/mol. The van der Waals surface area contributed by atoms with Gasteiger partial charge in [-0.05, 0) is 38.7 Å². The molecule has 1 fully saturated rings. The number of benzene rings is 1. The van der Waals surface area contributed by atoms with E-state index in [1.807, 2.05) is 30.3 Å². The highest BCUT2D eigenvalue weighted by Crippen LogP contribution is 2.19. The maximum atomic E-state index is 13.2. The first-order valence-corrected chi connectivity index (χ1v) is 13.5. The number of ketones is 2. The Hall–Kier alpha value is -3.31. The zero-order chi connectivity index (χ0) is 28.9. The lowest BCUT2D eigenvalue weighted by atomic mass is 10.0. The molecule has 39 heavy (non-hydrogen) atoms. The second-order valence-electron chi connectivity index (χ2n) is 9.49. The van der Waals surface area contributed by atoms with Crippen LogP contribution in [-0.4, -0.2) is 90.4 Å². The number of carbonyl (C=O) groups excluding carboxylic acids is 6. The van der Waals surface area contributed by atoms with E-state index in [0.29, 0.717) is 19.4 Å². The highest BCUT2D eigenvalue weighted by atomic mass is 35.5. The van der Waals surface area contributed by atoms with Crippen LogP contribution in [0, 0.1) is 0 Å². The molecule has 214 valence electrons. The van der Waals surface area contributed by atoms with Crippen LogP contribution in [0.15, 0.2) is 30.3 Å². The Kier molecular flexibility index (Phi) is 13.0. The average Bonchev–Trinajstić information content (AvgIpc) is 3.43. The van der Waals surface area contributed by atoms with Crippen molar-refractivity contribution in [2.24, 2.45) is 0 Å². The fourth-order valence-electron chi connectivity index (χ4n) is 4.20. The number of Topliss-reactive ketones (excluding diaryl/α,β-unsaturated/α-hetero) is 2. The van der Waals surface area contributed by atoms with Gasteiger partial charge in [-0.2, -0.15) is 0 Å². The number of hydrogen-bond donors (Lipinski definition) is 3. The molecule has 0 radical (unpaired) electrons. The Balaban J connectivity index is 1.91. The van der Waals surface area contributed by atoms with E-state index in [-0.39, 0.29) is 43.3 Å². The highest BCUT2D eigenvalue weighted by molar-refractivity contribution is 6.28. The number of methoxy groups -OCH3 is 1. The normalized spacial score (nSPS) is 17.0. The predicted octanol–water partition coefficient (Wildman–Crippen LogP) is 0.518. The summed E-state index contributed by atoms with van der Waals surface area (Å²) in [4.78, 5) is 75.8. The van der Waals surface area contributed by atoms with Gasteiger partial charge >= 0.3 is 5.97 Å². The van der Waals surface area contributed by atoms with Crippen molar-refractivity contribution in [1.29, 1.82) is 0 Å². The van der Waals surface area contributed by atoms with Crippen LogP contribution in [0.5, 0.6) is 0 Å². The molecule has 0 bridgehead atoms. The molecule has 3 amide bonds. The van der Waals surface area contributed by atoms with Crippen molar-refractivity contribution < 1.29 is 33.5 Å². The molecule has 0 saturated carbocycles. The van der Waals surface area contributed by atoms with Gasteiger partial charge < -0.3 is 20.3 Å². The maximum Gasteiger partial charge on any atom is 0.305 e. The molecule has 3 N–H and O–H groups in total. The fraction of sp³-hybridized carbons (Fsp3) is 0.556. The number of likely N-dealkylation sites (tertiary alicyclic amines) is 1. The number of nitrogens with one attached hydrogen (secondary N) is 3. The van der Waals surface area contributed by atoms with Crippen molar-refractivity contribution >= 4 is 46.9 Å². The van der Waals surface area contributed by atoms with Crippen LogP contribution < -0.4 is 16.0 Å². The third-order valence-electron chi connectivity index (χ3n) is 6.52. The van der Waals surface area contributed by atoms with Gasteiger partial charge in [-0.3, -0.25) is 34.1 Å². The summed E-state index contributed by atoms with van der Waals surface area (Å²) in [7, 11) is 1.24. The van der Waals surface area contributed by atoms with Crippen LogP contribution in [0.3, 0.4) is 0 Å². The minimum atomic E-state index is -0.922. The summed E-state index contributed by atoms with van der Waals surface area (Å²) in [6.07, 6.45) is 1.26. The van der Waals surface area contributed by atoms with Gasteiger partial charge in [0.1, 0.15) is 17.9 Å². The van der Waals surface area contributed by atoms with E-state index in [0.717, 1.165) is 5.56 Å². The Morgan fingerprint density at radius 1 is 1.03 bits per heavy atom. The third kappa shape index (κ3) is 10.1. The van der Waals surface area contributed by atoms with Gasteiger partial charge in [-0.1, -0.05) is 30.3 Å². The summed E-state index contributed by atoms with van der Waals surface area (Å²) in [6.45, 7) is 3.30. The molecule has 1 aliphatic rings. The molecule has 0 aromatic heterocycles. The summed E-state index contributed by atoms with van der Waals surface area (Å²) in [5.74, 6) is -2.69. The van der Waals surface area contributed by atoms with E-state index in [1.165, 1.54) is 18.9 Å². The molecule has 1 aliphatic heterocycles. The summed E-state index contributed by atoms with van der Waals surface area (Å²) in [5.41, 5.74) is 0.866. The van der Waals surface area contributed by atoms with Gasteiger partial charge in [-0.15, -0.1) is 11.6 Å². The zero-order valence-electron chi connectivity index (χ0n) is 22.5. The quantitative estimate of drug-likeness (QED) is 0.206. The van der Waals surface area contributed by atoms with E-state index in [9.17, 15) is 28.8 Å². The van der Waals surface area contributed by atoms with Crippen molar-refractivity contribution in [3.63, 3.8) is 0 Å². The van der Waals surface area contributed by atoms with Crippen molar-refractivity contribution in [3.8, 4) is 0 Å². The average molecular weight is 565 g/mol. The van der Waals surface area contributed by atoms with Crippen molar-refractivity contribution in [2.45, 2.75) is 70.1 Å². The highest BCUT2D eigenvalue weighted by Gasteiger charge is 2.37. The summed E-state index contributed by atoms with van der Waals surface area (Å²) in [5, 5.41) is 8.16. The van der Waals surface area contributed by atoms with Gasteiger partial charge in [0.2, 0.25) is 17.7 Å². The topological polar surface area (TPSA) is 151 Å². The van der Waals surface area contributed by atoms with Gasteiger partial charge in [0, 0.05) is 13.0 Å². The Labute approximate surface area is 233 Å². The standard InChI is InChI=1S/C27H37ClN4O7/c1-17(29-16-20(33)11-12-24(35)39-3)25(36)30-18(2)27(38)32-13-7-10-22(32)26(37)31-21(23(34)15-28)14-19-8-5-4-6-9-19/h4-6,8-9,17-18,21-22,29H,7,10-16H2,1-3H3,(H,30,36)(H,31,37)/t17-,18-,21-,22-/m0/s1. The number of amides is 3. The smallest absolute Gasteiger partial charge is 0.305 e. The number of halogens is 1. The van der Waals surface area contributed by atoms with Crippen LogP contribution in [0.1, 0.15) is 45.1 Å². The monoisotopic (exact) mass is 564 g/mol. The predicted molar refractivity (Wildman–Crippen MR) is 144 cm³/mol. The summed E-state index contributed by atoms with van der Waals surface area (Å²) in [6, 6.07) is 5.94. The molecular formula is C27H37ClN4O7. The van der Waals surface area contributed by atoms with Gasteiger partial charge in [0.15, 0.2) is 5.78 Å². The molecule has 1 aromatic carbocycles. The van der Waals surface area contributed by atoms with E-state index < -0.39 is 47.9 Å². The lowest BCUT2D eigenvalue weighted by Gasteiger charge is -2.29. The van der Waals surface area contributed by atoms with Crippen LogP contribution in [0.2, 0.25) is 0 Å². The van der Waals surface area contributed by atoms with E-state index in [4.69, 9.17) is 11.6 Å². The lowest BCUT2D eigenvalue weighted by molar-refractivity contribution is -0.142. The molecule has 1 aromatic rings. The maximum absolute atomic E-state index is 13.2. The molecule has 11 nitrogen and oxygen atoms in total. The van der Waals surface area contributed by atoms with Crippen LogP contribution in [0.4, 0.5) is 0 Å². The number of ether oxygens (including phenoxy) is 1. The zero-order valence-corrected chi connectivity index (χ0v) is 23.3. The number of alkyl halides is 1. The third-order valence-corrected chi connectivity index (χ3v) is 6.78. The first-order chi connectivity index (χ1) is 18.6. The first-order valence-electron chi connectivity index (χ1n) is 12.9. The summed E-state index contributed by atoms with van der Waals surface area (Å²) < 4.78 is 4.50. The van der Waals surface area contributed by atoms with E-state index in [1.54, 1.807) is 6.92 Å². The Bertz CT molecular complexity index is 1040. The molecule has 12 heteroatoms. The van der Waals surface area contributed by atoms with E-state index >= 15 is 0 Å². The second-order valence-corrected chi connectivity index (χ2v) is 9.76. The SMILES string of the molecule is COC(=O)CCC(=O)CN[C@@H](C)C(=O)N[C@@H](C)C(=O)N1CCC[C@H]1C(=O)N[C@@H](Cc1ccccc1)C(=O)CCl. The first kappa shape index (κ1) is 31.9.